The number of carbonyl (C=O) groups excluding carboxylic acids is 1. The second kappa shape index (κ2) is 4.75. The quantitative estimate of drug-likeness (QED) is 0.720. The molecule has 5 heteroatoms. The lowest BCUT2D eigenvalue weighted by atomic mass is 10.1. The van der Waals surface area contributed by atoms with E-state index in [1.165, 1.54) is 19.2 Å². The second-order valence-corrected chi connectivity index (χ2v) is 3.11. The molecule has 0 bridgehead atoms. The van der Waals surface area contributed by atoms with Gasteiger partial charge in [0.15, 0.2) is 0 Å². The molecule has 1 rings (SSSR count). The molecule has 3 N–H and O–H groups in total. The van der Waals surface area contributed by atoms with Crippen molar-refractivity contribution in [3.8, 4) is 5.75 Å². The van der Waals surface area contributed by atoms with Crippen LogP contribution in [0.5, 0.6) is 5.75 Å². The molecule has 82 valence electrons. The lowest BCUT2D eigenvalue weighted by molar-refractivity contribution is -0.142. The van der Waals surface area contributed by atoms with Crippen molar-refractivity contribution in [1.29, 1.82) is 0 Å². The number of rotatable bonds is 3. The summed E-state index contributed by atoms with van der Waals surface area (Å²) in [5.41, 5.74) is 5.90. The molecule has 0 aliphatic heterocycles. The van der Waals surface area contributed by atoms with E-state index in [1.54, 1.807) is 0 Å². The van der Waals surface area contributed by atoms with Crippen molar-refractivity contribution in [1.82, 2.24) is 0 Å². The number of halogens is 1. The summed E-state index contributed by atoms with van der Waals surface area (Å²) in [4.78, 5) is 11.0. The Balaban J connectivity index is 2.76. The minimum absolute atomic E-state index is 0.110. The molecule has 4 nitrogen and oxygen atoms in total. The summed E-state index contributed by atoms with van der Waals surface area (Å²) in [6.07, 6.45) is 0.110. The molecule has 0 heterocycles. The third kappa shape index (κ3) is 2.92. The number of methoxy groups -OCH3 is 1. The number of nitrogens with two attached hydrogens (primary N) is 1. The third-order valence-electron chi connectivity index (χ3n) is 1.99. The highest BCUT2D eigenvalue weighted by molar-refractivity contribution is 5.75. The number of phenolic OH excluding ortho intramolecular Hbond substituents is 1. The summed E-state index contributed by atoms with van der Waals surface area (Å²) in [5.74, 6) is -1.32. The molecule has 1 aromatic carbocycles. The molecule has 0 amide bonds. The molecule has 0 aromatic heterocycles. The topological polar surface area (TPSA) is 72.5 Å². The Hall–Kier alpha value is -1.62. The molecule has 0 fully saturated rings. The molecule has 0 aliphatic rings. The fraction of sp³-hybridized carbons (Fsp3) is 0.300. The van der Waals surface area contributed by atoms with Crippen LogP contribution in [0.4, 0.5) is 4.39 Å². The van der Waals surface area contributed by atoms with Gasteiger partial charge in [-0.2, -0.15) is 0 Å². The number of phenols is 1. The number of hydrogen-bond donors (Lipinski definition) is 2. The zero-order valence-corrected chi connectivity index (χ0v) is 8.24. The van der Waals surface area contributed by atoms with Crippen molar-refractivity contribution < 1.29 is 19.0 Å². The van der Waals surface area contributed by atoms with Crippen LogP contribution in [-0.4, -0.2) is 24.2 Å². The van der Waals surface area contributed by atoms with Gasteiger partial charge in [-0.3, -0.25) is 4.79 Å². The van der Waals surface area contributed by atoms with Crippen LogP contribution >= 0.6 is 0 Å². The van der Waals surface area contributed by atoms with Crippen molar-refractivity contribution in [2.75, 3.05) is 7.11 Å². The highest BCUT2D eigenvalue weighted by Gasteiger charge is 2.16. The first-order valence-electron chi connectivity index (χ1n) is 4.35. The standard InChI is InChI=1S/C10H12FNO3/c1-15-10(14)8(12)4-6-2-3-7(11)5-9(6)13/h2-3,5,8,13H,4,12H2,1H3. The molecule has 1 atom stereocenters. The van der Waals surface area contributed by atoms with Gasteiger partial charge in [0.1, 0.15) is 17.6 Å². The molecular weight excluding hydrogens is 201 g/mol. The van der Waals surface area contributed by atoms with E-state index in [1.807, 2.05) is 0 Å². The van der Waals surface area contributed by atoms with E-state index in [-0.39, 0.29) is 12.2 Å². The predicted octanol–water partition coefficient (Wildman–Crippen LogP) is 0.574. The molecule has 0 aliphatic carbocycles. The summed E-state index contributed by atoms with van der Waals surface area (Å²) >= 11 is 0. The monoisotopic (exact) mass is 213 g/mol. The van der Waals surface area contributed by atoms with Crippen molar-refractivity contribution >= 4 is 5.97 Å². The minimum atomic E-state index is -0.855. The first-order chi connectivity index (χ1) is 7.04. The second-order valence-electron chi connectivity index (χ2n) is 3.11. The molecule has 0 spiro atoms. The Morgan fingerprint density at radius 1 is 1.67 bits per heavy atom. The van der Waals surface area contributed by atoms with Crippen LogP contribution in [0.15, 0.2) is 18.2 Å². The molecular formula is C10H12FNO3. The van der Waals surface area contributed by atoms with Gasteiger partial charge >= 0.3 is 5.97 Å². The fourth-order valence-corrected chi connectivity index (χ4v) is 1.18. The lowest BCUT2D eigenvalue weighted by Gasteiger charge is -2.10. The summed E-state index contributed by atoms with van der Waals surface area (Å²) in [6, 6.07) is 2.69. The lowest BCUT2D eigenvalue weighted by Crippen LogP contribution is -2.33. The van der Waals surface area contributed by atoms with Gasteiger partial charge in [-0.1, -0.05) is 6.07 Å². The summed E-state index contributed by atoms with van der Waals surface area (Å²) < 4.78 is 17.1. The number of benzene rings is 1. The highest BCUT2D eigenvalue weighted by atomic mass is 19.1. The van der Waals surface area contributed by atoms with Gasteiger partial charge in [-0.05, 0) is 11.6 Å². The average molecular weight is 213 g/mol. The Labute approximate surface area is 86.5 Å². The number of ether oxygens (including phenoxy) is 1. The van der Waals surface area contributed by atoms with Gasteiger partial charge in [0.25, 0.3) is 0 Å². The molecule has 1 aromatic rings. The van der Waals surface area contributed by atoms with Crippen LogP contribution in [0.25, 0.3) is 0 Å². The van der Waals surface area contributed by atoms with Crippen LogP contribution < -0.4 is 5.73 Å². The van der Waals surface area contributed by atoms with E-state index in [0.29, 0.717) is 5.56 Å². The van der Waals surface area contributed by atoms with Crippen LogP contribution in [0.3, 0.4) is 0 Å². The van der Waals surface area contributed by atoms with E-state index in [0.717, 1.165) is 6.07 Å². The third-order valence-corrected chi connectivity index (χ3v) is 1.99. The van der Waals surface area contributed by atoms with Crippen molar-refractivity contribution in [3.05, 3.63) is 29.6 Å². The van der Waals surface area contributed by atoms with Gasteiger partial charge in [-0.15, -0.1) is 0 Å². The summed E-state index contributed by atoms with van der Waals surface area (Å²) in [6.45, 7) is 0. The maximum atomic E-state index is 12.6. The Morgan fingerprint density at radius 2 is 2.33 bits per heavy atom. The van der Waals surface area contributed by atoms with E-state index in [2.05, 4.69) is 4.74 Å². The first kappa shape index (κ1) is 11.5. The SMILES string of the molecule is COC(=O)C(N)Cc1ccc(F)cc1O. The average Bonchev–Trinajstić information content (AvgIpc) is 2.20. The molecule has 0 saturated heterocycles. The number of aromatic hydroxyl groups is 1. The minimum Gasteiger partial charge on any atom is -0.508 e. The maximum absolute atomic E-state index is 12.6. The van der Waals surface area contributed by atoms with E-state index < -0.39 is 17.8 Å². The Kier molecular flexibility index (Phi) is 3.62. The van der Waals surface area contributed by atoms with Crippen LogP contribution in [0.1, 0.15) is 5.56 Å². The molecule has 1 unspecified atom stereocenters. The van der Waals surface area contributed by atoms with E-state index in [9.17, 15) is 14.3 Å². The Bertz CT molecular complexity index is 368. The zero-order chi connectivity index (χ0) is 11.4. The summed E-state index contributed by atoms with van der Waals surface area (Å²) in [7, 11) is 1.23. The van der Waals surface area contributed by atoms with Crippen molar-refractivity contribution in [3.63, 3.8) is 0 Å². The van der Waals surface area contributed by atoms with E-state index in [4.69, 9.17) is 5.73 Å². The van der Waals surface area contributed by atoms with Crippen LogP contribution in [-0.2, 0) is 16.0 Å². The zero-order valence-electron chi connectivity index (χ0n) is 8.24. The smallest absolute Gasteiger partial charge is 0.322 e. The van der Waals surface area contributed by atoms with Crippen molar-refractivity contribution in [2.24, 2.45) is 5.73 Å². The first-order valence-corrected chi connectivity index (χ1v) is 4.35. The number of hydrogen-bond acceptors (Lipinski definition) is 4. The van der Waals surface area contributed by atoms with Crippen molar-refractivity contribution in [2.45, 2.75) is 12.5 Å². The van der Waals surface area contributed by atoms with Gasteiger partial charge in [0, 0.05) is 12.5 Å². The summed E-state index contributed by atoms with van der Waals surface area (Å²) in [5, 5.41) is 9.35. The normalized spacial score (nSPS) is 12.2. The predicted molar refractivity (Wildman–Crippen MR) is 51.8 cm³/mol. The maximum Gasteiger partial charge on any atom is 0.322 e. The van der Waals surface area contributed by atoms with Gasteiger partial charge in [0.05, 0.1) is 7.11 Å². The number of esters is 1. The largest absolute Gasteiger partial charge is 0.508 e. The molecule has 0 radical (unpaired) electrons. The molecule has 0 saturated carbocycles. The number of carbonyl (C=O) groups is 1. The highest BCUT2D eigenvalue weighted by Crippen LogP contribution is 2.19. The van der Waals surface area contributed by atoms with E-state index >= 15 is 0 Å². The van der Waals surface area contributed by atoms with Crippen LogP contribution in [0.2, 0.25) is 0 Å². The van der Waals surface area contributed by atoms with Crippen LogP contribution in [0, 0.1) is 5.82 Å². The fourth-order valence-electron chi connectivity index (χ4n) is 1.18. The van der Waals surface area contributed by atoms with Gasteiger partial charge in [0.2, 0.25) is 0 Å². The van der Waals surface area contributed by atoms with Gasteiger partial charge < -0.3 is 15.6 Å². The van der Waals surface area contributed by atoms with Gasteiger partial charge in [-0.25, -0.2) is 4.39 Å². The Morgan fingerprint density at radius 3 is 2.87 bits per heavy atom. The molecule has 15 heavy (non-hydrogen) atoms.